The lowest BCUT2D eigenvalue weighted by molar-refractivity contribution is 0.0997. The first-order valence-corrected chi connectivity index (χ1v) is 6.11. The van der Waals surface area contributed by atoms with E-state index in [-0.39, 0.29) is 0 Å². The van der Waals surface area contributed by atoms with Gasteiger partial charge in [0.15, 0.2) is 0 Å². The molecule has 0 fully saturated rings. The van der Waals surface area contributed by atoms with Crippen molar-refractivity contribution in [1.82, 2.24) is 9.97 Å². The molecule has 0 bridgehead atoms. The molecular formula is C15H13N3O2. The number of nitrogens with zero attached hydrogens (tertiary/aromatic N) is 1. The number of carbonyl (C=O) groups is 1. The molecule has 3 rings (SSSR count). The van der Waals surface area contributed by atoms with Crippen molar-refractivity contribution >= 4 is 16.9 Å². The first kappa shape index (κ1) is 12.2. The molecule has 0 unspecified atom stereocenters. The van der Waals surface area contributed by atoms with Gasteiger partial charge in [0.25, 0.3) is 5.91 Å². The number of carbonyl (C=O) groups excluding carboxylic acids is 1. The fourth-order valence-electron chi connectivity index (χ4n) is 2.18. The summed E-state index contributed by atoms with van der Waals surface area (Å²) in [6.07, 6.45) is 1.73. The normalized spacial score (nSPS) is 10.7. The lowest BCUT2D eigenvalue weighted by atomic mass is 10.1. The Labute approximate surface area is 115 Å². The first-order chi connectivity index (χ1) is 9.69. The van der Waals surface area contributed by atoms with Gasteiger partial charge < -0.3 is 15.5 Å². The highest BCUT2D eigenvalue weighted by molar-refractivity contribution is 5.97. The van der Waals surface area contributed by atoms with Crippen molar-refractivity contribution in [3.8, 4) is 17.0 Å². The Balaban J connectivity index is 2.14. The van der Waals surface area contributed by atoms with Crippen molar-refractivity contribution in [1.29, 1.82) is 0 Å². The zero-order chi connectivity index (χ0) is 14.1. The summed E-state index contributed by atoms with van der Waals surface area (Å²) in [5, 5.41) is 1.01. The number of benzene rings is 1. The number of hydrogen-bond donors (Lipinski definition) is 2. The average Bonchev–Trinajstić information content (AvgIpc) is 2.90. The molecule has 3 aromatic rings. The maximum Gasteiger partial charge on any atom is 0.252 e. The predicted octanol–water partition coefficient (Wildman–Crippen LogP) is 2.34. The van der Waals surface area contributed by atoms with Crippen LogP contribution < -0.4 is 10.5 Å². The van der Waals surface area contributed by atoms with Gasteiger partial charge in [0.2, 0.25) is 0 Å². The molecule has 0 spiro atoms. The Morgan fingerprint density at radius 2 is 2.15 bits per heavy atom. The lowest BCUT2D eigenvalue weighted by Crippen LogP contribution is -2.12. The molecule has 5 nitrogen and oxygen atoms in total. The van der Waals surface area contributed by atoms with Crippen LogP contribution in [0.4, 0.5) is 0 Å². The second kappa shape index (κ2) is 4.70. The minimum atomic E-state index is -0.516. The molecule has 0 atom stereocenters. The molecule has 100 valence electrons. The van der Waals surface area contributed by atoms with Crippen molar-refractivity contribution in [2.45, 2.75) is 0 Å². The van der Waals surface area contributed by atoms with Crippen LogP contribution in [0.3, 0.4) is 0 Å². The highest BCUT2D eigenvalue weighted by atomic mass is 16.5. The summed E-state index contributed by atoms with van der Waals surface area (Å²) in [4.78, 5) is 18.9. The van der Waals surface area contributed by atoms with E-state index in [4.69, 9.17) is 10.5 Å². The van der Waals surface area contributed by atoms with Gasteiger partial charge in [-0.2, -0.15) is 0 Å². The molecule has 0 saturated heterocycles. The number of primary amides is 1. The molecule has 5 heteroatoms. The number of ether oxygens (including phenoxy) is 1. The number of hydrogen-bond acceptors (Lipinski definition) is 3. The number of nitrogens with two attached hydrogens (primary N) is 1. The molecular weight excluding hydrogens is 254 g/mol. The maximum absolute atomic E-state index is 11.5. The standard InChI is InChI=1S/C15H13N3O2/c1-20-13-5-4-9(7-11(13)14(16)19)12-8-10-3-2-6-17-15(10)18-12/h2-8H,1H3,(H2,16,19)(H,17,18). The Bertz CT molecular complexity index is 760. The monoisotopic (exact) mass is 267 g/mol. The molecule has 0 saturated carbocycles. The molecule has 20 heavy (non-hydrogen) atoms. The third kappa shape index (κ3) is 1.99. The van der Waals surface area contributed by atoms with Gasteiger partial charge in [-0.25, -0.2) is 4.98 Å². The largest absolute Gasteiger partial charge is 0.496 e. The molecule has 1 aromatic carbocycles. The van der Waals surface area contributed by atoms with Crippen molar-refractivity contribution in [2.24, 2.45) is 5.73 Å². The summed E-state index contributed by atoms with van der Waals surface area (Å²) in [6.45, 7) is 0. The Morgan fingerprint density at radius 3 is 2.85 bits per heavy atom. The van der Waals surface area contributed by atoms with Gasteiger partial charge in [0, 0.05) is 17.3 Å². The van der Waals surface area contributed by atoms with Crippen LogP contribution in [-0.4, -0.2) is 23.0 Å². The van der Waals surface area contributed by atoms with Gasteiger partial charge in [-0.3, -0.25) is 4.79 Å². The summed E-state index contributed by atoms with van der Waals surface area (Å²) in [5.74, 6) is -0.0478. The van der Waals surface area contributed by atoms with Crippen molar-refractivity contribution in [3.05, 3.63) is 48.2 Å². The van der Waals surface area contributed by atoms with Crippen LogP contribution in [0.5, 0.6) is 5.75 Å². The number of nitrogens with one attached hydrogen (secondary N) is 1. The van der Waals surface area contributed by atoms with Crippen molar-refractivity contribution in [2.75, 3.05) is 7.11 Å². The molecule has 2 heterocycles. The van der Waals surface area contributed by atoms with E-state index in [2.05, 4.69) is 9.97 Å². The third-order valence-corrected chi connectivity index (χ3v) is 3.17. The van der Waals surface area contributed by atoms with Crippen LogP contribution in [0.25, 0.3) is 22.3 Å². The molecule has 0 aliphatic rings. The number of pyridine rings is 1. The SMILES string of the molecule is COc1ccc(-c2cc3cccnc3[nH]2)cc1C(N)=O. The van der Waals surface area contributed by atoms with Crippen LogP contribution in [0.1, 0.15) is 10.4 Å². The Kier molecular flexibility index (Phi) is 2.87. The third-order valence-electron chi connectivity index (χ3n) is 3.17. The lowest BCUT2D eigenvalue weighted by Gasteiger charge is -2.07. The van der Waals surface area contributed by atoms with E-state index in [0.717, 1.165) is 22.3 Å². The Hall–Kier alpha value is -2.82. The van der Waals surface area contributed by atoms with Gasteiger partial charge in [0.05, 0.1) is 12.7 Å². The number of aromatic amines is 1. The number of rotatable bonds is 3. The molecule has 0 aliphatic carbocycles. The van der Waals surface area contributed by atoms with E-state index in [0.29, 0.717) is 11.3 Å². The molecule has 0 aliphatic heterocycles. The summed E-state index contributed by atoms with van der Waals surface area (Å²) in [7, 11) is 1.51. The van der Waals surface area contributed by atoms with E-state index in [1.165, 1.54) is 7.11 Å². The summed E-state index contributed by atoms with van der Waals surface area (Å²) in [6, 6.07) is 11.1. The summed E-state index contributed by atoms with van der Waals surface area (Å²) >= 11 is 0. The second-order valence-corrected chi connectivity index (χ2v) is 4.40. The highest BCUT2D eigenvalue weighted by Crippen LogP contribution is 2.27. The van der Waals surface area contributed by atoms with E-state index >= 15 is 0 Å². The first-order valence-electron chi connectivity index (χ1n) is 6.11. The van der Waals surface area contributed by atoms with E-state index in [1.807, 2.05) is 24.3 Å². The van der Waals surface area contributed by atoms with E-state index in [1.54, 1.807) is 18.3 Å². The number of methoxy groups -OCH3 is 1. The van der Waals surface area contributed by atoms with Gasteiger partial charge in [-0.15, -0.1) is 0 Å². The zero-order valence-corrected chi connectivity index (χ0v) is 10.9. The quantitative estimate of drug-likeness (QED) is 0.764. The molecule has 3 N–H and O–H groups in total. The minimum Gasteiger partial charge on any atom is -0.496 e. The summed E-state index contributed by atoms with van der Waals surface area (Å²) in [5.41, 5.74) is 8.27. The number of amides is 1. The van der Waals surface area contributed by atoms with Crippen LogP contribution in [0.2, 0.25) is 0 Å². The zero-order valence-electron chi connectivity index (χ0n) is 10.9. The number of fused-ring (bicyclic) bond motifs is 1. The van der Waals surface area contributed by atoms with Crippen molar-refractivity contribution < 1.29 is 9.53 Å². The van der Waals surface area contributed by atoms with Crippen LogP contribution in [0, 0.1) is 0 Å². The van der Waals surface area contributed by atoms with Gasteiger partial charge >= 0.3 is 0 Å². The van der Waals surface area contributed by atoms with Crippen LogP contribution in [-0.2, 0) is 0 Å². The average molecular weight is 267 g/mol. The van der Waals surface area contributed by atoms with Crippen LogP contribution >= 0.6 is 0 Å². The topological polar surface area (TPSA) is 81.0 Å². The molecule has 0 radical (unpaired) electrons. The van der Waals surface area contributed by atoms with Crippen LogP contribution in [0.15, 0.2) is 42.6 Å². The van der Waals surface area contributed by atoms with E-state index < -0.39 is 5.91 Å². The van der Waals surface area contributed by atoms with Crippen molar-refractivity contribution in [3.63, 3.8) is 0 Å². The number of aromatic nitrogens is 2. The summed E-state index contributed by atoms with van der Waals surface area (Å²) < 4.78 is 5.13. The number of H-pyrrole nitrogens is 1. The highest BCUT2D eigenvalue weighted by Gasteiger charge is 2.12. The van der Waals surface area contributed by atoms with Gasteiger partial charge in [-0.1, -0.05) is 0 Å². The fraction of sp³-hybridized carbons (Fsp3) is 0.0667. The second-order valence-electron chi connectivity index (χ2n) is 4.40. The Morgan fingerprint density at radius 1 is 1.30 bits per heavy atom. The van der Waals surface area contributed by atoms with E-state index in [9.17, 15) is 4.79 Å². The maximum atomic E-state index is 11.5. The minimum absolute atomic E-state index is 0.358. The smallest absolute Gasteiger partial charge is 0.252 e. The molecule has 2 aromatic heterocycles. The fourth-order valence-corrected chi connectivity index (χ4v) is 2.18. The molecule has 1 amide bonds. The predicted molar refractivity (Wildman–Crippen MR) is 76.6 cm³/mol. The van der Waals surface area contributed by atoms with Gasteiger partial charge in [0.1, 0.15) is 11.4 Å². The van der Waals surface area contributed by atoms with Gasteiger partial charge in [-0.05, 0) is 42.0 Å².